The first-order valence-corrected chi connectivity index (χ1v) is 9.53. The highest BCUT2D eigenvalue weighted by Crippen LogP contribution is 2.19. The number of rotatable bonds is 4. The zero-order valence-electron chi connectivity index (χ0n) is 15.0. The Morgan fingerprint density at radius 2 is 1.92 bits per heavy atom. The van der Waals surface area contributed by atoms with E-state index < -0.39 is 0 Å². The van der Waals surface area contributed by atoms with Gasteiger partial charge in [0.05, 0.1) is 11.9 Å². The Bertz CT molecular complexity index is 768. The summed E-state index contributed by atoms with van der Waals surface area (Å²) in [5.74, 6) is 0.688. The molecule has 3 heterocycles. The van der Waals surface area contributed by atoms with Gasteiger partial charge in [-0.25, -0.2) is 9.67 Å². The van der Waals surface area contributed by atoms with Crippen molar-refractivity contribution >= 4 is 5.69 Å². The van der Waals surface area contributed by atoms with Crippen LogP contribution in [0.5, 0.6) is 0 Å². The lowest BCUT2D eigenvalue weighted by molar-refractivity contribution is 0.258. The molecule has 1 aliphatic carbocycles. The second kappa shape index (κ2) is 7.04. The second-order valence-electron chi connectivity index (χ2n) is 7.12. The minimum Gasteiger partial charge on any atom is -0.368 e. The SMILES string of the molecule is CCCN1CCN(c2ccc(-n3[nH]c4c(c3=O)CCCC4)nc2)CC1. The van der Waals surface area contributed by atoms with Crippen molar-refractivity contribution in [2.75, 3.05) is 37.6 Å². The molecule has 0 spiro atoms. The summed E-state index contributed by atoms with van der Waals surface area (Å²) in [6.07, 6.45) is 7.23. The van der Waals surface area contributed by atoms with Crippen LogP contribution in [0.1, 0.15) is 37.4 Å². The van der Waals surface area contributed by atoms with Gasteiger partial charge >= 0.3 is 0 Å². The second-order valence-corrected chi connectivity index (χ2v) is 7.12. The quantitative estimate of drug-likeness (QED) is 0.924. The molecule has 1 N–H and O–H groups in total. The van der Waals surface area contributed by atoms with Crippen molar-refractivity contribution in [3.8, 4) is 5.82 Å². The molecule has 1 saturated heterocycles. The van der Waals surface area contributed by atoms with E-state index in [0.717, 1.165) is 68.8 Å². The molecule has 1 aliphatic heterocycles. The van der Waals surface area contributed by atoms with Crippen LogP contribution in [0, 0.1) is 0 Å². The van der Waals surface area contributed by atoms with Gasteiger partial charge in [0.25, 0.3) is 5.56 Å². The Hall–Kier alpha value is -2.08. The van der Waals surface area contributed by atoms with Crippen molar-refractivity contribution in [3.63, 3.8) is 0 Å². The van der Waals surface area contributed by atoms with E-state index in [0.29, 0.717) is 5.82 Å². The van der Waals surface area contributed by atoms with Crippen molar-refractivity contribution in [2.24, 2.45) is 0 Å². The third-order valence-corrected chi connectivity index (χ3v) is 5.41. The van der Waals surface area contributed by atoms with Crippen molar-refractivity contribution in [1.82, 2.24) is 19.7 Å². The number of fused-ring (bicyclic) bond motifs is 1. The average molecular weight is 341 g/mol. The minimum atomic E-state index is 0.0723. The van der Waals surface area contributed by atoms with E-state index in [4.69, 9.17) is 0 Å². The molecule has 25 heavy (non-hydrogen) atoms. The van der Waals surface area contributed by atoms with Gasteiger partial charge in [-0.3, -0.25) is 14.8 Å². The monoisotopic (exact) mass is 341 g/mol. The number of H-pyrrole nitrogens is 1. The molecule has 2 aliphatic rings. The maximum absolute atomic E-state index is 12.6. The molecule has 0 amide bonds. The first kappa shape index (κ1) is 16.4. The highest BCUT2D eigenvalue weighted by molar-refractivity contribution is 5.47. The predicted molar refractivity (Wildman–Crippen MR) is 99.8 cm³/mol. The van der Waals surface area contributed by atoms with E-state index in [-0.39, 0.29) is 5.56 Å². The number of aryl methyl sites for hydroxylation is 1. The summed E-state index contributed by atoms with van der Waals surface area (Å²) in [6.45, 7) is 7.72. The standard InChI is InChI=1S/C19H27N5O/c1-2-9-22-10-12-23(13-11-22)15-7-8-18(20-14-15)24-19(25)16-5-3-4-6-17(16)21-24/h7-8,14,21H,2-6,9-13H2,1H3. The average Bonchev–Trinajstić information content (AvgIpc) is 3.00. The fourth-order valence-electron chi connectivity index (χ4n) is 3.99. The van der Waals surface area contributed by atoms with Crippen LogP contribution in [0.3, 0.4) is 0 Å². The molecule has 0 aromatic carbocycles. The summed E-state index contributed by atoms with van der Waals surface area (Å²) in [6, 6.07) is 4.04. The van der Waals surface area contributed by atoms with Crippen LogP contribution < -0.4 is 10.5 Å². The normalized spacial score (nSPS) is 18.4. The number of piperazine rings is 1. The summed E-state index contributed by atoms with van der Waals surface area (Å²) in [7, 11) is 0. The highest BCUT2D eigenvalue weighted by Gasteiger charge is 2.20. The van der Waals surface area contributed by atoms with Crippen molar-refractivity contribution < 1.29 is 0 Å². The van der Waals surface area contributed by atoms with Crippen LogP contribution in [-0.4, -0.2) is 52.4 Å². The van der Waals surface area contributed by atoms with Gasteiger partial charge in [0, 0.05) is 37.4 Å². The molecule has 0 bridgehead atoms. The summed E-state index contributed by atoms with van der Waals surface area (Å²) in [4.78, 5) is 22.0. The van der Waals surface area contributed by atoms with Crippen LogP contribution in [0.25, 0.3) is 5.82 Å². The van der Waals surface area contributed by atoms with Gasteiger partial charge in [-0.15, -0.1) is 0 Å². The number of aromatic nitrogens is 3. The van der Waals surface area contributed by atoms with E-state index in [1.54, 1.807) is 4.68 Å². The summed E-state index contributed by atoms with van der Waals surface area (Å²) >= 11 is 0. The summed E-state index contributed by atoms with van der Waals surface area (Å²) in [5.41, 5.74) is 3.26. The van der Waals surface area contributed by atoms with E-state index in [1.807, 2.05) is 12.3 Å². The molecule has 1 fully saturated rings. The van der Waals surface area contributed by atoms with E-state index in [9.17, 15) is 4.79 Å². The maximum Gasteiger partial charge on any atom is 0.276 e. The van der Waals surface area contributed by atoms with Gasteiger partial charge in [0.1, 0.15) is 0 Å². The first-order chi connectivity index (χ1) is 12.3. The number of hydrogen-bond acceptors (Lipinski definition) is 4. The highest BCUT2D eigenvalue weighted by atomic mass is 16.1. The molecule has 0 saturated carbocycles. The minimum absolute atomic E-state index is 0.0723. The molecule has 2 aromatic rings. The predicted octanol–water partition coefficient (Wildman–Crippen LogP) is 1.97. The lowest BCUT2D eigenvalue weighted by atomic mass is 9.98. The van der Waals surface area contributed by atoms with Crippen LogP contribution in [0.4, 0.5) is 5.69 Å². The van der Waals surface area contributed by atoms with Crippen molar-refractivity contribution in [3.05, 3.63) is 39.9 Å². The van der Waals surface area contributed by atoms with Crippen LogP contribution in [0.2, 0.25) is 0 Å². The van der Waals surface area contributed by atoms with Gasteiger partial charge in [-0.05, 0) is 50.8 Å². The Morgan fingerprint density at radius 1 is 1.12 bits per heavy atom. The van der Waals surface area contributed by atoms with E-state index in [2.05, 4.69) is 32.9 Å². The largest absolute Gasteiger partial charge is 0.368 e. The fourth-order valence-corrected chi connectivity index (χ4v) is 3.99. The van der Waals surface area contributed by atoms with Crippen LogP contribution >= 0.6 is 0 Å². The zero-order chi connectivity index (χ0) is 17.2. The summed E-state index contributed by atoms with van der Waals surface area (Å²) in [5, 5.41) is 3.26. The molecular formula is C19H27N5O. The topological polar surface area (TPSA) is 57.2 Å². The third kappa shape index (κ3) is 3.23. The molecule has 4 rings (SSSR count). The lowest BCUT2D eigenvalue weighted by Gasteiger charge is -2.35. The number of pyridine rings is 1. The Kier molecular flexibility index (Phi) is 4.61. The number of hydrogen-bond donors (Lipinski definition) is 1. The van der Waals surface area contributed by atoms with E-state index >= 15 is 0 Å². The Morgan fingerprint density at radius 3 is 2.60 bits per heavy atom. The fraction of sp³-hybridized carbons (Fsp3) is 0.579. The third-order valence-electron chi connectivity index (χ3n) is 5.41. The van der Waals surface area contributed by atoms with Gasteiger partial charge < -0.3 is 4.90 Å². The molecule has 6 nitrogen and oxygen atoms in total. The van der Waals surface area contributed by atoms with E-state index in [1.165, 1.54) is 13.0 Å². The zero-order valence-corrected chi connectivity index (χ0v) is 15.0. The number of anilines is 1. The van der Waals surface area contributed by atoms with Gasteiger partial charge in [0.2, 0.25) is 0 Å². The summed E-state index contributed by atoms with van der Waals surface area (Å²) < 4.78 is 1.61. The molecular weight excluding hydrogens is 314 g/mol. The molecule has 6 heteroatoms. The van der Waals surface area contributed by atoms with Crippen molar-refractivity contribution in [2.45, 2.75) is 39.0 Å². The smallest absolute Gasteiger partial charge is 0.276 e. The number of nitrogens with zero attached hydrogens (tertiary/aromatic N) is 4. The number of nitrogens with one attached hydrogen (secondary N) is 1. The first-order valence-electron chi connectivity index (χ1n) is 9.53. The Balaban J connectivity index is 1.50. The lowest BCUT2D eigenvalue weighted by Crippen LogP contribution is -2.46. The number of aromatic amines is 1. The van der Waals surface area contributed by atoms with Crippen LogP contribution in [-0.2, 0) is 12.8 Å². The van der Waals surface area contributed by atoms with Crippen molar-refractivity contribution in [1.29, 1.82) is 0 Å². The molecule has 0 atom stereocenters. The van der Waals surface area contributed by atoms with Gasteiger partial charge in [-0.2, -0.15) is 0 Å². The van der Waals surface area contributed by atoms with Gasteiger partial charge in [0.15, 0.2) is 5.82 Å². The maximum atomic E-state index is 12.6. The molecule has 2 aromatic heterocycles. The Labute approximate surface area is 148 Å². The molecule has 134 valence electrons. The van der Waals surface area contributed by atoms with Gasteiger partial charge in [-0.1, -0.05) is 6.92 Å². The molecule has 0 unspecified atom stereocenters. The molecule has 0 radical (unpaired) electrons. The van der Waals surface area contributed by atoms with Crippen LogP contribution in [0.15, 0.2) is 23.1 Å².